The Kier molecular flexibility index (Phi) is 5.27. The number of fused-ring (bicyclic) bond motifs is 1. The summed E-state index contributed by atoms with van der Waals surface area (Å²) >= 11 is 7.18. The molecule has 0 saturated carbocycles. The van der Waals surface area contributed by atoms with E-state index >= 15 is 0 Å². The highest BCUT2D eigenvalue weighted by molar-refractivity contribution is 7.81. The molecule has 0 radical (unpaired) electrons. The van der Waals surface area contributed by atoms with Crippen LogP contribution in [-0.4, -0.2) is 20.9 Å². The molecule has 0 atom stereocenters. The van der Waals surface area contributed by atoms with Crippen LogP contribution in [0.15, 0.2) is 65.2 Å². The molecule has 0 bridgehead atoms. The molecule has 7 heteroatoms. The van der Waals surface area contributed by atoms with E-state index in [4.69, 9.17) is 18.0 Å². The van der Waals surface area contributed by atoms with Gasteiger partial charge in [0.05, 0.1) is 16.9 Å². The molecule has 2 heterocycles. The number of nitrogens with two attached hydrogens (primary N) is 1. The number of thiocarbonyl (C=S) groups is 1. The van der Waals surface area contributed by atoms with Crippen LogP contribution >= 0.6 is 23.6 Å². The van der Waals surface area contributed by atoms with Crippen LogP contribution in [0.2, 0.25) is 0 Å². The Labute approximate surface area is 183 Å². The summed E-state index contributed by atoms with van der Waals surface area (Å²) in [5.41, 5.74) is 8.27. The highest BCUT2D eigenvalue weighted by atomic mass is 32.1. The van der Waals surface area contributed by atoms with Crippen molar-refractivity contribution >= 4 is 55.9 Å². The van der Waals surface area contributed by atoms with Gasteiger partial charge < -0.3 is 16.2 Å². The summed E-state index contributed by atoms with van der Waals surface area (Å²) in [6.07, 6.45) is 2.28. The molecule has 4 N–H and O–H groups in total. The van der Waals surface area contributed by atoms with Crippen LogP contribution in [-0.2, 0) is 10.4 Å². The molecular formula is C23H21N3O2S2. The Balaban J connectivity index is 1.70. The first kappa shape index (κ1) is 20.4. The average molecular weight is 436 g/mol. The molecule has 2 aromatic heterocycles. The zero-order chi connectivity index (χ0) is 21.5. The zero-order valence-corrected chi connectivity index (χ0v) is 18.2. The van der Waals surface area contributed by atoms with Gasteiger partial charge in [0.2, 0.25) is 0 Å². The molecule has 0 aliphatic heterocycles. The number of primary amides is 1. The zero-order valence-electron chi connectivity index (χ0n) is 16.6. The smallest absolute Gasteiger partial charge is 0.250 e. The molecule has 1 aliphatic rings. The van der Waals surface area contributed by atoms with Crippen molar-refractivity contribution in [3.8, 4) is 0 Å². The fourth-order valence-corrected chi connectivity index (χ4v) is 4.44. The maximum Gasteiger partial charge on any atom is 0.250 e. The second-order valence-corrected chi connectivity index (χ2v) is 9.08. The van der Waals surface area contributed by atoms with Gasteiger partial charge >= 0.3 is 0 Å². The van der Waals surface area contributed by atoms with Gasteiger partial charge in [0, 0.05) is 16.7 Å². The van der Waals surface area contributed by atoms with E-state index in [-0.39, 0.29) is 0 Å². The molecule has 1 amide bonds. The van der Waals surface area contributed by atoms with Crippen molar-refractivity contribution in [2.24, 2.45) is 5.73 Å². The fourth-order valence-electron chi connectivity index (χ4n) is 3.36. The van der Waals surface area contributed by atoms with Gasteiger partial charge in [0.15, 0.2) is 0 Å². The third kappa shape index (κ3) is 4.05. The number of hydrogen-bond donors (Lipinski definition) is 3. The molecule has 152 valence electrons. The van der Waals surface area contributed by atoms with Crippen LogP contribution in [0.3, 0.4) is 0 Å². The normalized spacial score (nSPS) is 14.8. The standard InChI is InChI=1S/C23H21N3O2S2/c1-23(2,28)16-6-3-13(4-7-16)15-11-17(21(24)27)20(18(29)12-15)25-19-8-5-14-9-10-30-22(14)26-19/h3-11,28H,12H2,1-2H3,(H2,24,27)(H,25,26). The SMILES string of the molecule is CC(C)(O)c1ccc(C2=CC(C(N)=O)=C(Nc3ccc4ccsc4n3)C(=S)C2)cc1. The van der Waals surface area contributed by atoms with E-state index in [0.717, 1.165) is 26.9 Å². The van der Waals surface area contributed by atoms with Crippen LogP contribution in [0.4, 0.5) is 5.82 Å². The number of amides is 1. The first-order valence-electron chi connectivity index (χ1n) is 9.45. The topological polar surface area (TPSA) is 88.2 Å². The predicted molar refractivity (Wildman–Crippen MR) is 126 cm³/mol. The highest BCUT2D eigenvalue weighted by Gasteiger charge is 2.24. The van der Waals surface area contributed by atoms with Crippen LogP contribution in [0, 0.1) is 0 Å². The minimum Gasteiger partial charge on any atom is -0.386 e. The van der Waals surface area contributed by atoms with Gasteiger partial charge in [-0.25, -0.2) is 4.98 Å². The summed E-state index contributed by atoms with van der Waals surface area (Å²) in [5, 5.41) is 16.4. The summed E-state index contributed by atoms with van der Waals surface area (Å²) < 4.78 is 0. The number of aromatic nitrogens is 1. The van der Waals surface area contributed by atoms with E-state index in [1.165, 1.54) is 0 Å². The summed E-state index contributed by atoms with van der Waals surface area (Å²) in [6.45, 7) is 3.48. The lowest BCUT2D eigenvalue weighted by atomic mass is 9.89. The Morgan fingerprint density at radius 2 is 1.93 bits per heavy atom. The Morgan fingerprint density at radius 1 is 1.20 bits per heavy atom. The number of benzene rings is 1. The van der Waals surface area contributed by atoms with Gasteiger partial charge in [-0.05, 0) is 60.2 Å². The molecule has 5 nitrogen and oxygen atoms in total. The second-order valence-electron chi connectivity index (χ2n) is 7.70. The third-order valence-corrected chi connectivity index (χ3v) is 6.19. The maximum absolute atomic E-state index is 12.2. The van der Waals surface area contributed by atoms with Crippen molar-refractivity contribution in [1.29, 1.82) is 0 Å². The first-order chi connectivity index (χ1) is 14.2. The van der Waals surface area contributed by atoms with E-state index in [1.54, 1.807) is 31.3 Å². The molecule has 1 aromatic carbocycles. The van der Waals surface area contributed by atoms with E-state index < -0.39 is 11.5 Å². The first-order valence-corrected chi connectivity index (χ1v) is 10.7. The van der Waals surface area contributed by atoms with Crippen molar-refractivity contribution in [3.63, 3.8) is 0 Å². The number of anilines is 1. The minimum absolute atomic E-state index is 0.334. The predicted octanol–water partition coefficient (Wildman–Crippen LogP) is 4.53. The number of thiophene rings is 1. The minimum atomic E-state index is -0.916. The molecule has 0 fully saturated rings. The van der Waals surface area contributed by atoms with Gasteiger partial charge in [-0.3, -0.25) is 4.79 Å². The van der Waals surface area contributed by atoms with Gasteiger partial charge in [0.1, 0.15) is 10.6 Å². The third-order valence-electron chi connectivity index (χ3n) is 5.02. The van der Waals surface area contributed by atoms with Gasteiger partial charge in [0.25, 0.3) is 5.91 Å². The van der Waals surface area contributed by atoms with Gasteiger partial charge in [-0.2, -0.15) is 0 Å². The molecule has 0 saturated heterocycles. The lowest BCUT2D eigenvalue weighted by Gasteiger charge is -2.22. The highest BCUT2D eigenvalue weighted by Crippen LogP contribution is 2.31. The summed E-state index contributed by atoms with van der Waals surface area (Å²) in [5.74, 6) is 0.0646. The summed E-state index contributed by atoms with van der Waals surface area (Å²) in [7, 11) is 0. The Hall–Kier alpha value is -2.87. The molecule has 0 spiro atoms. The Bertz CT molecular complexity index is 1220. The fraction of sp³-hybridized carbons (Fsp3) is 0.174. The van der Waals surface area contributed by atoms with Crippen molar-refractivity contribution < 1.29 is 9.90 Å². The van der Waals surface area contributed by atoms with Crippen molar-refractivity contribution in [2.45, 2.75) is 25.9 Å². The quantitative estimate of drug-likeness (QED) is 0.513. The average Bonchev–Trinajstić information content (AvgIpc) is 3.16. The lowest BCUT2D eigenvalue weighted by molar-refractivity contribution is -0.114. The number of hydrogen-bond acceptors (Lipinski definition) is 6. The molecular weight excluding hydrogens is 414 g/mol. The van der Waals surface area contributed by atoms with E-state index in [1.807, 2.05) is 47.8 Å². The van der Waals surface area contributed by atoms with Gasteiger partial charge in [-0.1, -0.05) is 36.5 Å². The van der Waals surface area contributed by atoms with Gasteiger partial charge in [-0.15, -0.1) is 11.3 Å². The number of carbonyl (C=O) groups is 1. The van der Waals surface area contributed by atoms with Crippen molar-refractivity contribution in [2.75, 3.05) is 5.32 Å². The van der Waals surface area contributed by atoms with E-state index in [2.05, 4.69) is 10.3 Å². The van der Waals surface area contributed by atoms with E-state index in [9.17, 15) is 9.90 Å². The molecule has 4 rings (SSSR count). The van der Waals surface area contributed by atoms with Crippen LogP contribution in [0.1, 0.15) is 31.4 Å². The number of allylic oxidation sites excluding steroid dienone is 2. The number of aliphatic hydroxyl groups is 1. The summed E-state index contributed by atoms with van der Waals surface area (Å²) in [6, 6.07) is 13.4. The molecule has 3 aromatic rings. The maximum atomic E-state index is 12.2. The molecule has 1 aliphatic carbocycles. The van der Waals surface area contributed by atoms with Crippen molar-refractivity contribution in [3.05, 3.63) is 76.3 Å². The monoisotopic (exact) mass is 435 g/mol. The van der Waals surface area contributed by atoms with Crippen LogP contribution < -0.4 is 11.1 Å². The molecule has 0 unspecified atom stereocenters. The van der Waals surface area contributed by atoms with Crippen molar-refractivity contribution in [1.82, 2.24) is 4.98 Å². The number of nitrogens with zero attached hydrogens (tertiary/aromatic N) is 1. The summed E-state index contributed by atoms with van der Waals surface area (Å²) in [4.78, 5) is 18.3. The molecule has 30 heavy (non-hydrogen) atoms. The lowest BCUT2D eigenvalue weighted by Crippen LogP contribution is -2.24. The van der Waals surface area contributed by atoms with E-state index in [0.29, 0.717) is 28.4 Å². The number of pyridine rings is 1. The van der Waals surface area contributed by atoms with Crippen LogP contribution in [0.5, 0.6) is 0 Å². The second kappa shape index (κ2) is 7.75. The number of carbonyl (C=O) groups excluding carboxylic acids is 1. The van der Waals surface area contributed by atoms with Crippen LogP contribution in [0.25, 0.3) is 15.8 Å². The number of rotatable bonds is 5. The number of nitrogens with one attached hydrogen (secondary N) is 1. The Morgan fingerprint density at radius 3 is 2.60 bits per heavy atom. The largest absolute Gasteiger partial charge is 0.386 e.